The molecule has 150 valence electrons. The van der Waals surface area contributed by atoms with Gasteiger partial charge in [-0.15, -0.1) is 0 Å². The van der Waals surface area contributed by atoms with Gasteiger partial charge in [0.2, 0.25) is 16.0 Å². The van der Waals surface area contributed by atoms with E-state index in [0.717, 1.165) is 4.31 Å². The van der Waals surface area contributed by atoms with E-state index in [4.69, 9.17) is 17.3 Å². The van der Waals surface area contributed by atoms with E-state index in [9.17, 15) is 17.6 Å². The van der Waals surface area contributed by atoms with Crippen molar-refractivity contribution in [3.05, 3.63) is 52.7 Å². The first kappa shape index (κ1) is 20.3. The van der Waals surface area contributed by atoms with Gasteiger partial charge in [0.1, 0.15) is 11.5 Å². The first-order valence-corrected chi connectivity index (χ1v) is 10.3. The summed E-state index contributed by atoms with van der Waals surface area (Å²) in [5.74, 6) is -2.51. The number of nitrogens with zero attached hydrogens (tertiary/aromatic N) is 3. The van der Waals surface area contributed by atoms with E-state index in [0.29, 0.717) is 10.7 Å². The van der Waals surface area contributed by atoms with Crippen LogP contribution in [-0.4, -0.2) is 47.9 Å². The molecule has 0 saturated carbocycles. The lowest BCUT2D eigenvalue weighted by atomic mass is 9.81. The van der Waals surface area contributed by atoms with Crippen molar-refractivity contribution in [3.63, 3.8) is 0 Å². The first-order valence-electron chi connectivity index (χ1n) is 8.33. The average molecular weight is 428 g/mol. The zero-order valence-corrected chi connectivity index (χ0v) is 16.8. The van der Waals surface area contributed by atoms with Crippen molar-refractivity contribution in [3.8, 4) is 0 Å². The quantitative estimate of drug-likeness (QED) is 0.759. The minimum absolute atomic E-state index is 0.0498. The van der Waals surface area contributed by atoms with Gasteiger partial charge in [0.05, 0.1) is 16.3 Å². The van der Waals surface area contributed by atoms with Gasteiger partial charge >= 0.3 is 0 Å². The Morgan fingerprint density at radius 3 is 2.75 bits per heavy atom. The number of allylic oxidation sites excluding steroid dienone is 3. The number of nitrogens with two attached hydrogens (primary N) is 1. The Balaban J connectivity index is 1.83. The van der Waals surface area contributed by atoms with Gasteiger partial charge in [-0.1, -0.05) is 11.6 Å². The fourth-order valence-corrected chi connectivity index (χ4v) is 4.80. The van der Waals surface area contributed by atoms with Gasteiger partial charge in [0.25, 0.3) is 5.91 Å². The Morgan fingerprint density at radius 1 is 1.43 bits per heavy atom. The minimum atomic E-state index is -3.72. The van der Waals surface area contributed by atoms with Crippen LogP contribution in [0, 0.1) is 5.92 Å². The monoisotopic (exact) mass is 427 g/mol. The summed E-state index contributed by atoms with van der Waals surface area (Å²) in [6.07, 6.45) is 4.02. The van der Waals surface area contributed by atoms with Crippen LogP contribution in [0.25, 0.3) is 0 Å². The first-order chi connectivity index (χ1) is 13.0. The number of hydrogen-bond donors (Lipinski definition) is 2. The summed E-state index contributed by atoms with van der Waals surface area (Å²) in [4.78, 5) is 20.5. The number of carbonyl (C=O) groups excluding carboxylic acids is 1. The standard InChI is InChI=1S/C17H19ClFN5O3S/c1-17(9-28(26,27)24(2)16(20)23-17)12-7-11(4-5-13(12)19)22-15(25)14-6-3-10(18)8-21-14/h3-6,8,12H,7,9H2,1-2H3,(H2,20,23)(H,22,25)/t12?,17-/m0/s1. The lowest BCUT2D eigenvalue weighted by molar-refractivity contribution is 0.0957. The third-order valence-electron chi connectivity index (χ3n) is 4.77. The Kier molecular flexibility index (Phi) is 5.20. The lowest BCUT2D eigenvalue weighted by Gasteiger charge is -2.40. The molecule has 0 radical (unpaired) electrons. The molecule has 0 aromatic carbocycles. The van der Waals surface area contributed by atoms with E-state index in [2.05, 4.69) is 15.3 Å². The highest BCUT2D eigenvalue weighted by Gasteiger charge is 2.46. The zero-order chi connectivity index (χ0) is 20.7. The molecule has 1 aliphatic carbocycles. The van der Waals surface area contributed by atoms with Gasteiger partial charge < -0.3 is 11.1 Å². The number of pyridine rings is 1. The summed E-state index contributed by atoms with van der Waals surface area (Å²) in [6, 6.07) is 2.99. The van der Waals surface area contributed by atoms with Crippen molar-refractivity contribution in [2.24, 2.45) is 16.6 Å². The largest absolute Gasteiger partial charge is 0.369 e. The molecule has 0 fully saturated rings. The van der Waals surface area contributed by atoms with Crippen LogP contribution in [0.2, 0.25) is 5.02 Å². The lowest BCUT2D eigenvalue weighted by Crippen LogP contribution is -2.54. The molecule has 0 bridgehead atoms. The van der Waals surface area contributed by atoms with E-state index in [1.54, 1.807) is 0 Å². The van der Waals surface area contributed by atoms with Crippen LogP contribution in [0.5, 0.6) is 0 Å². The maximum absolute atomic E-state index is 14.6. The van der Waals surface area contributed by atoms with Crippen LogP contribution >= 0.6 is 11.6 Å². The number of guanidine groups is 1. The molecule has 8 nitrogen and oxygen atoms in total. The van der Waals surface area contributed by atoms with E-state index in [1.165, 1.54) is 44.5 Å². The predicted octanol–water partition coefficient (Wildman–Crippen LogP) is 1.57. The van der Waals surface area contributed by atoms with E-state index >= 15 is 0 Å². The summed E-state index contributed by atoms with van der Waals surface area (Å²) in [5.41, 5.74) is 4.99. The third-order valence-corrected chi connectivity index (χ3v) is 6.96. The van der Waals surface area contributed by atoms with Gasteiger partial charge in [0, 0.05) is 24.9 Å². The van der Waals surface area contributed by atoms with E-state index in [1.807, 2.05) is 0 Å². The Labute approximate surface area is 167 Å². The molecule has 2 aliphatic rings. The van der Waals surface area contributed by atoms with Crippen molar-refractivity contribution in [2.75, 3.05) is 12.8 Å². The second kappa shape index (κ2) is 7.17. The second-order valence-corrected chi connectivity index (χ2v) is 9.30. The molecule has 1 aromatic heterocycles. The van der Waals surface area contributed by atoms with Crippen LogP contribution in [0.3, 0.4) is 0 Å². The van der Waals surface area contributed by atoms with Crippen LogP contribution in [0.15, 0.2) is 47.0 Å². The van der Waals surface area contributed by atoms with Crippen LogP contribution in [0.1, 0.15) is 23.8 Å². The Hall–Kier alpha value is -2.46. The molecule has 1 unspecified atom stereocenters. The smallest absolute Gasteiger partial charge is 0.273 e. The van der Waals surface area contributed by atoms with Crippen molar-refractivity contribution in [2.45, 2.75) is 18.9 Å². The fraction of sp³-hybridized carbons (Fsp3) is 0.353. The summed E-state index contributed by atoms with van der Waals surface area (Å²) >= 11 is 5.76. The normalized spacial score (nSPS) is 26.8. The van der Waals surface area contributed by atoms with Gasteiger partial charge in [0.15, 0.2) is 0 Å². The van der Waals surface area contributed by atoms with Crippen LogP contribution in [-0.2, 0) is 10.0 Å². The summed E-state index contributed by atoms with van der Waals surface area (Å²) < 4.78 is 40.2. The van der Waals surface area contributed by atoms with Crippen molar-refractivity contribution in [1.82, 2.24) is 14.6 Å². The highest BCUT2D eigenvalue weighted by molar-refractivity contribution is 7.89. The number of amides is 1. The molecule has 3 rings (SSSR count). The van der Waals surface area contributed by atoms with Crippen LogP contribution in [0.4, 0.5) is 4.39 Å². The summed E-state index contributed by atoms with van der Waals surface area (Å²) in [7, 11) is -2.43. The number of nitrogens with one attached hydrogen (secondary N) is 1. The molecule has 2 heterocycles. The van der Waals surface area contributed by atoms with E-state index < -0.39 is 39.0 Å². The summed E-state index contributed by atoms with van der Waals surface area (Å²) in [5, 5.41) is 3.06. The highest BCUT2D eigenvalue weighted by Crippen LogP contribution is 2.39. The molecule has 11 heteroatoms. The third kappa shape index (κ3) is 3.88. The van der Waals surface area contributed by atoms with Crippen LogP contribution < -0.4 is 11.1 Å². The summed E-state index contributed by atoms with van der Waals surface area (Å²) in [6.45, 7) is 1.54. The van der Waals surface area contributed by atoms with Crippen molar-refractivity contribution >= 4 is 33.5 Å². The molecular weight excluding hydrogens is 409 g/mol. The molecular formula is C17H19ClFN5O3S. The SMILES string of the molecule is CN1C(N)=N[C@](C)(C2CC(NC(=O)c3ccc(Cl)cn3)=CC=C2F)CS1(=O)=O. The zero-order valence-electron chi connectivity index (χ0n) is 15.2. The number of aliphatic imine (C=N–C) groups is 1. The number of halogens is 2. The second-order valence-electron chi connectivity index (χ2n) is 6.87. The molecule has 2 atom stereocenters. The van der Waals surface area contributed by atoms with Gasteiger partial charge in [-0.2, -0.15) is 0 Å². The molecule has 0 saturated heterocycles. The Morgan fingerprint density at radius 2 is 2.14 bits per heavy atom. The minimum Gasteiger partial charge on any atom is -0.369 e. The molecule has 0 spiro atoms. The maximum Gasteiger partial charge on any atom is 0.273 e. The molecule has 3 N–H and O–H groups in total. The molecule has 28 heavy (non-hydrogen) atoms. The topological polar surface area (TPSA) is 118 Å². The number of hydrogen-bond acceptors (Lipinski definition) is 6. The maximum atomic E-state index is 14.6. The van der Waals surface area contributed by atoms with Gasteiger partial charge in [-0.05, 0) is 37.6 Å². The van der Waals surface area contributed by atoms with Gasteiger partial charge in [-0.3, -0.25) is 4.79 Å². The number of carbonyl (C=O) groups is 1. The molecule has 1 amide bonds. The molecule has 1 aromatic rings. The van der Waals surface area contributed by atoms with Crippen molar-refractivity contribution < 1.29 is 17.6 Å². The predicted molar refractivity (Wildman–Crippen MR) is 104 cm³/mol. The highest BCUT2D eigenvalue weighted by atomic mass is 35.5. The number of aromatic nitrogens is 1. The Bertz CT molecular complexity index is 1010. The number of sulfonamides is 1. The molecule has 1 aliphatic heterocycles. The van der Waals surface area contributed by atoms with E-state index in [-0.39, 0.29) is 18.1 Å². The van der Waals surface area contributed by atoms with Gasteiger partial charge in [-0.25, -0.2) is 27.1 Å². The van der Waals surface area contributed by atoms with Crippen molar-refractivity contribution in [1.29, 1.82) is 0 Å². The number of rotatable bonds is 3. The average Bonchev–Trinajstić information content (AvgIpc) is 2.61. The fourth-order valence-electron chi connectivity index (χ4n) is 3.16.